The Morgan fingerprint density at radius 2 is 1.94 bits per heavy atom. The van der Waals surface area contributed by atoms with Gasteiger partial charge in [0.05, 0.1) is 5.69 Å². The molecule has 6 heteroatoms. The van der Waals surface area contributed by atoms with E-state index in [1.807, 2.05) is 25.1 Å². The zero-order valence-electron chi connectivity index (χ0n) is 17.7. The summed E-state index contributed by atoms with van der Waals surface area (Å²) < 4.78 is 0. The van der Waals surface area contributed by atoms with E-state index in [0.29, 0.717) is 10.6 Å². The van der Waals surface area contributed by atoms with Crippen molar-refractivity contribution in [2.45, 2.75) is 46.0 Å². The Morgan fingerprint density at radius 1 is 1.10 bits per heavy atom. The third kappa shape index (κ3) is 3.64. The number of nitrogens with two attached hydrogens (primary N) is 1. The number of amides is 1. The molecule has 0 atom stereocenters. The van der Waals surface area contributed by atoms with E-state index in [2.05, 4.69) is 29.8 Å². The maximum Gasteiger partial charge on any atom is 0.267 e. The average Bonchev–Trinajstić information content (AvgIpc) is 3.32. The van der Waals surface area contributed by atoms with Crippen molar-refractivity contribution in [1.29, 1.82) is 0 Å². The highest BCUT2D eigenvalue weighted by Crippen LogP contribution is 2.44. The Kier molecular flexibility index (Phi) is 5.28. The molecule has 0 spiro atoms. The number of benzene rings is 1. The summed E-state index contributed by atoms with van der Waals surface area (Å²) in [6, 6.07) is 10.2. The number of nitrogens with one attached hydrogen (secondary N) is 1. The first-order chi connectivity index (χ1) is 15.0. The standard InChI is InChI=1S/C25H25N3OS2/c1-14-10-11-16(13-15(14)2)27-24(29)23-22(26)21-20(19-9-6-12-30-19)17-7-4-3-5-8-18(17)28-25(21)31-23/h6,9-13H,3-5,7-8,26H2,1-2H3,(H,27,29). The molecule has 1 aliphatic carbocycles. The first kappa shape index (κ1) is 20.2. The van der Waals surface area contributed by atoms with E-state index >= 15 is 0 Å². The van der Waals surface area contributed by atoms with Gasteiger partial charge >= 0.3 is 0 Å². The van der Waals surface area contributed by atoms with Crippen LogP contribution in [-0.4, -0.2) is 10.9 Å². The molecule has 3 N–H and O–H groups in total. The van der Waals surface area contributed by atoms with Crippen LogP contribution in [-0.2, 0) is 12.8 Å². The molecule has 0 unspecified atom stereocenters. The topological polar surface area (TPSA) is 68.0 Å². The molecule has 0 saturated carbocycles. The fraction of sp³-hybridized carbons (Fsp3) is 0.280. The number of nitrogens with zero attached hydrogens (tertiary/aromatic N) is 1. The lowest BCUT2D eigenvalue weighted by Gasteiger charge is -2.13. The zero-order valence-corrected chi connectivity index (χ0v) is 19.4. The normalized spacial score (nSPS) is 13.7. The van der Waals surface area contributed by atoms with E-state index in [-0.39, 0.29) is 5.91 Å². The Hall–Kier alpha value is -2.70. The van der Waals surface area contributed by atoms with Gasteiger partial charge in [0.15, 0.2) is 0 Å². The van der Waals surface area contributed by atoms with Crippen molar-refractivity contribution in [3.05, 3.63) is 63.0 Å². The Labute approximate surface area is 190 Å². The molecule has 0 fully saturated rings. The van der Waals surface area contributed by atoms with Crippen LogP contribution in [0.1, 0.15) is 51.3 Å². The maximum absolute atomic E-state index is 13.2. The Morgan fingerprint density at radius 3 is 2.71 bits per heavy atom. The van der Waals surface area contributed by atoms with Crippen molar-refractivity contribution >= 4 is 50.2 Å². The summed E-state index contributed by atoms with van der Waals surface area (Å²) in [6.45, 7) is 4.11. The van der Waals surface area contributed by atoms with Gasteiger partial charge in [-0.05, 0) is 79.8 Å². The summed E-state index contributed by atoms with van der Waals surface area (Å²) in [5.41, 5.74) is 14.0. The first-order valence-corrected chi connectivity index (χ1v) is 12.4. The summed E-state index contributed by atoms with van der Waals surface area (Å²) in [5, 5.41) is 6.07. The van der Waals surface area contributed by atoms with Crippen LogP contribution < -0.4 is 11.1 Å². The summed E-state index contributed by atoms with van der Waals surface area (Å²) >= 11 is 3.13. The number of thiophene rings is 2. The third-order valence-corrected chi connectivity index (χ3v) is 8.13. The predicted octanol–water partition coefficient (Wildman–Crippen LogP) is 6.75. The van der Waals surface area contributed by atoms with Crippen LogP contribution >= 0.6 is 22.7 Å². The number of hydrogen-bond acceptors (Lipinski definition) is 5. The second-order valence-corrected chi connectivity index (χ2v) is 10.2. The number of carbonyl (C=O) groups is 1. The van der Waals surface area contributed by atoms with Gasteiger partial charge in [0.1, 0.15) is 9.71 Å². The molecule has 0 aliphatic heterocycles. The summed E-state index contributed by atoms with van der Waals surface area (Å²) in [5.74, 6) is -0.170. The molecule has 1 aromatic carbocycles. The van der Waals surface area contributed by atoms with Crippen LogP contribution in [0.3, 0.4) is 0 Å². The van der Waals surface area contributed by atoms with Gasteiger partial charge in [0, 0.05) is 27.2 Å². The van der Waals surface area contributed by atoms with E-state index in [0.717, 1.165) is 40.7 Å². The molecule has 0 bridgehead atoms. The number of hydrogen-bond donors (Lipinski definition) is 2. The highest BCUT2D eigenvalue weighted by Gasteiger charge is 2.25. The minimum atomic E-state index is -0.170. The molecule has 1 aliphatic rings. The van der Waals surface area contributed by atoms with Crippen LogP contribution in [0, 0.1) is 13.8 Å². The second-order valence-electron chi connectivity index (χ2n) is 8.23. The lowest BCUT2D eigenvalue weighted by Crippen LogP contribution is -2.12. The molecule has 5 rings (SSSR count). The van der Waals surface area contributed by atoms with Gasteiger partial charge < -0.3 is 11.1 Å². The first-order valence-electron chi connectivity index (χ1n) is 10.7. The fourth-order valence-corrected chi connectivity index (χ4v) is 6.18. The summed E-state index contributed by atoms with van der Waals surface area (Å²) in [7, 11) is 0. The van der Waals surface area contributed by atoms with Crippen molar-refractivity contribution in [2.75, 3.05) is 11.1 Å². The highest BCUT2D eigenvalue weighted by atomic mass is 32.1. The number of rotatable bonds is 3. The number of carbonyl (C=O) groups excluding carboxylic acids is 1. The van der Waals surface area contributed by atoms with Gasteiger partial charge in [0.2, 0.25) is 0 Å². The molecule has 0 radical (unpaired) electrons. The number of fused-ring (bicyclic) bond motifs is 2. The minimum absolute atomic E-state index is 0.170. The summed E-state index contributed by atoms with van der Waals surface area (Å²) in [6.07, 6.45) is 5.57. The molecule has 1 amide bonds. The van der Waals surface area contributed by atoms with Crippen LogP contribution in [0.5, 0.6) is 0 Å². The van der Waals surface area contributed by atoms with E-state index in [1.165, 1.54) is 51.4 Å². The monoisotopic (exact) mass is 447 g/mol. The molecular weight excluding hydrogens is 422 g/mol. The Balaban J connectivity index is 1.64. The van der Waals surface area contributed by atoms with Crippen LogP contribution in [0.4, 0.5) is 11.4 Å². The van der Waals surface area contributed by atoms with Crippen LogP contribution in [0.2, 0.25) is 0 Å². The number of anilines is 2. The van der Waals surface area contributed by atoms with Crippen molar-refractivity contribution in [3.63, 3.8) is 0 Å². The maximum atomic E-state index is 13.2. The predicted molar refractivity (Wildman–Crippen MR) is 132 cm³/mol. The van der Waals surface area contributed by atoms with Gasteiger partial charge in [-0.1, -0.05) is 18.6 Å². The molecule has 0 saturated heterocycles. The highest BCUT2D eigenvalue weighted by molar-refractivity contribution is 7.21. The van der Waals surface area contributed by atoms with E-state index in [1.54, 1.807) is 11.3 Å². The van der Waals surface area contributed by atoms with Gasteiger partial charge in [0.25, 0.3) is 5.91 Å². The minimum Gasteiger partial charge on any atom is -0.397 e. The van der Waals surface area contributed by atoms with Gasteiger partial charge in [-0.15, -0.1) is 22.7 Å². The lowest BCUT2D eigenvalue weighted by molar-refractivity contribution is 0.103. The molecule has 158 valence electrons. The van der Waals surface area contributed by atoms with E-state index in [4.69, 9.17) is 10.7 Å². The summed E-state index contributed by atoms with van der Waals surface area (Å²) in [4.78, 5) is 20.8. The average molecular weight is 448 g/mol. The number of pyridine rings is 1. The fourth-order valence-electron chi connectivity index (χ4n) is 4.35. The molecule has 4 aromatic rings. The zero-order chi connectivity index (χ0) is 21.5. The molecule has 3 aromatic heterocycles. The van der Waals surface area contributed by atoms with Crippen molar-refractivity contribution in [3.8, 4) is 10.4 Å². The van der Waals surface area contributed by atoms with Crippen LogP contribution in [0.25, 0.3) is 20.7 Å². The SMILES string of the molecule is Cc1ccc(NC(=O)c2sc3nc4c(c(-c5cccs5)c3c2N)CCCCC4)cc1C. The van der Waals surface area contributed by atoms with Crippen molar-refractivity contribution < 1.29 is 4.79 Å². The largest absolute Gasteiger partial charge is 0.397 e. The molecule has 3 heterocycles. The van der Waals surface area contributed by atoms with Gasteiger partial charge in [-0.3, -0.25) is 4.79 Å². The second kappa shape index (κ2) is 8.09. The van der Waals surface area contributed by atoms with Crippen molar-refractivity contribution in [2.24, 2.45) is 0 Å². The van der Waals surface area contributed by atoms with Gasteiger partial charge in [-0.25, -0.2) is 4.98 Å². The van der Waals surface area contributed by atoms with E-state index < -0.39 is 0 Å². The molecule has 31 heavy (non-hydrogen) atoms. The molecule has 4 nitrogen and oxygen atoms in total. The number of aryl methyl sites for hydroxylation is 3. The lowest BCUT2D eigenvalue weighted by atomic mass is 9.97. The third-order valence-electron chi connectivity index (χ3n) is 6.14. The number of aromatic nitrogens is 1. The van der Waals surface area contributed by atoms with Gasteiger partial charge in [-0.2, -0.15) is 0 Å². The van der Waals surface area contributed by atoms with Crippen molar-refractivity contribution in [1.82, 2.24) is 4.98 Å². The molecular formula is C25H25N3OS2. The van der Waals surface area contributed by atoms with E-state index in [9.17, 15) is 4.79 Å². The quantitative estimate of drug-likeness (QED) is 0.342. The van der Waals surface area contributed by atoms with Crippen LogP contribution in [0.15, 0.2) is 35.7 Å². The smallest absolute Gasteiger partial charge is 0.267 e. The number of nitrogen functional groups attached to an aromatic ring is 1. The Bertz CT molecular complexity index is 1290.